The molecule has 1 aromatic heterocycles. The molecule has 0 unspecified atom stereocenters. The number of aromatic nitrogens is 2. The van der Waals surface area contributed by atoms with Crippen LogP contribution in [0.3, 0.4) is 0 Å². The highest BCUT2D eigenvalue weighted by Crippen LogP contribution is 2.06. The fraction of sp³-hybridized carbons (Fsp3) is 0.389. The monoisotopic (exact) mass is 342 g/mol. The number of amides is 1. The highest BCUT2D eigenvalue weighted by atomic mass is 16.2. The van der Waals surface area contributed by atoms with Gasteiger partial charge in [0, 0.05) is 45.0 Å². The third-order valence-electron chi connectivity index (χ3n) is 4.49. The molecule has 2 aromatic rings. The molecule has 7 nitrogen and oxygen atoms in total. The molecule has 1 amide bonds. The van der Waals surface area contributed by atoms with E-state index in [9.17, 15) is 14.4 Å². The topological polar surface area (TPSA) is 78.4 Å². The molecule has 1 aliphatic rings. The largest absolute Gasteiger partial charge is 0.339 e. The van der Waals surface area contributed by atoms with Gasteiger partial charge in [-0.15, -0.1) is 0 Å². The zero-order chi connectivity index (χ0) is 17.6. The summed E-state index contributed by atoms with van der Waals surface area (Å²) >= 11 is 0. The summed E-state index contributed by atoms with van der Waals surface area (Å²) in [5, 5.41) is 0. The summed E-state index contributed by atoms with van der Waals surface area (Å²) in [5.41, 5.74) is 0.307. The van der Waals surface area contributed by atoms with Crippen LogP contribution in [0.5, 0.6) is 0 Å². The molecular weight excluding hydrogens is 320 g/mol. The lowest BCUT2D eigenvalue weighted by Gasteiger charge is -2.34. The van der Waals surface area contributed by atoms with E-state index in [1.165, 1.54) is 22.4 Å². The van der Waals surface area contributed by atoms with Crippen LogP contribution in [0.4, 0.5) is 0 Å². The van der Waals surface area contributed by atoms with Gasteiger partial charge in [0.05, 0.1) is 0 Å². The normalized spacial score (nSPS) is 15.3. The standard InChI is InChI=1S/C18H22N4O3/c23-16-7-9-22(18(25)19-16)14-17(24)21-12-10-20(11-13-21)8-6-15-4-2-1-3-5-15/h1-5,7,9H,6,8,10-14H2,(H,19,23,25). The van der Waals surface area contributed by atoms with Gasteiger partial charge in [0.2, 0.25) is 5.91 Å². The number of nitrogens with one attached hydrogen (secondary N) is 1. The number of piperazine rings is 1. The van der Waals surface area contributed by atoms with E-state index >= 15 is 0 Å². The molecule has 0 radical (unpaired) electrons. The number of carbonyl (C=O) groups is 1. The van der Waals surface area contributed by atoms with Gasteiger partial charge in [0.25, 0.3) is 5.56 Å². The Labute approximate surface area is 145 Å². The minimum atomic E-state index is -0.553. The van der Waals surface area contributed by atoms with Crippen molar-refractivity contribution in [2.75, 3.05) is 32.7 Å². The molecule has 7 heteroatoms. The average Bonchev–Trinajstić information content (AvgIpc) is 2.63. The van der Waals surface area contributed by atoms with Gasteiger partial charge in [-0.05, 0) is 12.0 Å². The van der Waals surface area contributed by atoms with Gasteiger partial charge < -0.3 is 4.90 Å². The van der Waals surface area contributed by atoms with Crippen LogP contribution < -0.4 is 11.2 Å². The van der Waals surface area contributed by atoms with Crippen molar-refractivity contribution in [3.05, 3.63) is 69.0 Å². The van der Waals surface area contributed by atoms with E-state index in [1.54, 1.807) is 4.90 Å². The predicted octanol–water partition coefficient (Wildman–Crippen LogP) is -0.0765. The van der Waals surface area contributed by atoms with Crippen molar-refractivity contribution in [1.29, 1.82) is 0 Å². The molecule has 132 valence electrons. The van der Waals surface area contributed by atoms with Gasteiger partial charge >= 0.3 is 5.69 Å². The molecule has 0 atom stereocenters. The summed E-state index contributed by atoms with van der Waals surface area (Å²) in [4.78, 5) is 41.3. The van der Waals surface area contributed by atoms with Crippen molar-refractivity contribution < 1.29 is 4.79 Å². The summed E-state index contributed by atoms with van der Waals surface area (Å²) < 4.78 is 1.23. The van der Waals surface area contributed by atoms with Crippen LogP contribution in [0.2, 0.25) is 0 Å². The van der Waals surface area contributed by atoms with Crippen molar-refractivity contribution in [1.82, 2.24) is 19.4 Å². The fourth-order valence-corrected chi connectivity index (χ4v) is 2.97. The van der Waals surface area contributed by atoms with E-state index in [1.807, 2.05) is 18.2 Å². The van der Waals surface area contributed by atoms with Crippen LogP contribution >= 0.6 is 0 Å². The molecule has 1 saturated heterocycles. The van der Waals surface area contributed by atoms with Crippen molar-refractivity contribution >= 4 is 5.91 Å². The van der Waals surface area contributed by atoms with E-state index in [4.69, 9.17) is 0 Å². The number of benzene rings is 1. The van der Waals surface area contributed by atoms with Gasteiger partial charge in [0.15, 0.2) is 0 Å². The van der Waals surface area contributed by atoms with Gasteiger partial charge in [-0.2, -0.15) is 0 Å². The highest BCUT2D eigenvalue weighted by molar-refractivity contribution is 5.76. The SMILES string of the molecule is O=C(Cn1ccc(=O)[nH]c1=O)N1CCN(CCc2ccccc2)CC1. The van der Waals surface area contributed by atoms with Gasteiger partial charge in [0.1, 0.15) is 6.54 Å². The number of nitrogens with zero attached hydrogens (tertiary/aromatic N) is 3. The molecular formula is C18H22N4O3. The van der Waals surface area contributed by atoms with Gasteiger partial charge in [-0.25, -0.2) is 4.79 Å². The molecule has 1 N–H and O–H groups in total. The number of H-pyrrole nitrogens is 1. The third-order valence-corrected chi connectivity index (χ3v) is 4.49. The van der Waals surface area contributed by atoms with Gasteiger partial charge in [-0.3, -0.25) is 24.0 Å². The van der Waals surface area contributed by atoms with E-state index < -0.39 is 11.2 Å². The quantitative estimate of drug-likeness (QED) is 0.825. The van der Waals surface area contributed by atoms with E-state index in [-0.39, 0.29) is 12.5 Å². The maximum Gasteiger partial charge on any atom is 0.328 e. The van der Waals surface area contributed by atoms with Crippen molar-refractivity contribution in [3.8, 4) is 0 Å². The Morgan fingerprint density at radius 1 is 1.00 bits per heavy atom. The van der Waals surface area contributed by atoms with Crippen LogP contribution in [0.25, 0.3) is 0 Å². The lowest BCUT2D eigenvalue weighted by molar-refractivity contribution is -0.133. The van der Waals surface area contributed by atoms with Crippen molar-refractivity contribution in [3.63, 3.8) is 0 Å². The smallest absolute Gasteiger partial charge is 0.328 e. The van der Waals surface area contributed by atoms with Gasteiger partial charge in [-0.1, -0.05) is 30.3 Å². The highest BCUT2D eigenvalue weighted by Gasteiger charge is 2.21. The number of carbonyl (C=O) groups excluding carboxylic acids is 1. The zero-order valence-electron chi connectivity index (χ0n) is 14.1. The lowest BCUT2D eigenvalue weighted by atomic mass is 10.1. The summed E-state index contributed by atoms with van der Waals surface area (Å²) in [5.74, 6) is -0.100. The van der Waals surface area contributed by atoms with Crippen molar-refractivity contribution in [2.24, 2.45) is 0 Å². The van der Waals surface area contributed by atoms with E-state index in [0.29, 0.717) is 13.1 Å². The van der Waals surface area contributed by atoms with Crippen LogP contribution in [0.15, 0.2) is 52.2 Å². The number of rotatable bonds is 5. The minimum Gasteiger partial charge on any atom is -0.339 e. The Bertz CT molecular complexity index is 820. The minimum absolute atomic E-state index is 0.0420. The van der Waals surface area contributed by atoms with Crippen LogP contribution in [-0.2, 0) is 17.8 Å². The first-order chi connectivity index (χ1) is 12.1. The number of hydrogen-bond donors (Lipinski definition) is 1. The van der Waals surface area contributed by atoms with E-state index in [2.05, 4.69) is 22.0 Å². The predicted molar refractivity (Wildman–Crippen MR) is 94.5 cm³/mol. The summed E-state index contributed by atoms with van der Waals surface area (Å²) in [6, 6.07) is 11.6. The first-order valence-corrected chi connectivity index (χ1v) is 8.45. The molecule has 0 saturated carbocycles. The molecule has 0 aliphatic carbocycles. The maximum absolute atomic E-state index is 12.3. The Balaban J connectivity index is 1.47. The number of aromatic amines is 1. The first kappa shape index (κ1) is 17.2. The molecule has 0 spiro atoms. The third kappa shape index (κ3) is 4.67. The average molecular weight is 342 g/mol. The fourth-order valence-electron chi connectivity index (χ4n) is 2.97. The first-order valence-electron chi connectivity index (χ1n) is 8.45. The second-order valence-electron chi connectivity index (χ2n) is 6.20. The summed E-state index contributed by atoms with van der Waals surface area (Å²) in [6.45, 7) is 3.92. The molecule has 1 aliphatic heterocycles. The zero-order valence-corrected chi connectivity index (χ0v) is 14.1. The van der Waals surface area contributed by atoms with Crippen LogP contribution in [-0.4, -0.2) is 58.0 Å². The molecule has 0 bridgehead atoms. The molecule has 1 fully saturated rings. The Hall–Kier alpha value is -2.67. The second kappa shape index (κ2) is 7.94. The maximum atomic E-state index is 12.3. The van der Waals surface area contributed by atoms with Crippen LogP contribution in [0.1, 0.15) is 5.56 Å². The Morgan fingerprint density at radius 3 is 2.40 bits per heavy atom. The molecule has 2 heterocycles. The Morgan fingerprint density at radius 2 is 1.72 bits per heavy atom. The second-order valence-corrected chi connectivity index (χ2v) is 6.20. The van der Waals surface area contributed by atoms with Crippen molar-refractivity contribution in [2.45, 2.75) is 13.0 Å². The summed E-state index contributed by atoms with van der Waals surface area (Å²) in [7, 11) is 0. The van der Waals surface area contributed by atoms with E-state index in [0.717, 1.165) is 26.1 Å². The summed E-state index contributed by atoms with van der Waals surface area (Å²) in [6.07, 6.45) is 2.36. The Kier molecular flexibility index (Phi) is 5.45. The van der Waals surface area contributed by atoms with Crippen LogP contribution in [0, 0.1) is 0 Å². The molecule has 1 aromatic carbocycles. The lowest BCUT2D eigenvalue weighted by Crippen LogP contribution is -2.50. The number of hydrogen-bond acceptors (Lipinski definition) is 4. The molecule has 25 heavy (non-hydrogen) atoms. The molecule has 3 rings (SSSR count).